The summed E-state index contributed by atoms with van der Waals surface area (Å²) in [7, 11) is 0. The fourth-order valence-electron chi connectivity index (χ4n) is 1.47. The van der Waals surface area contributed by atoms with Crippen LogP contribution in [0.3, 0.4) is 0 Å². The first-order valence-corrected chi connectivity index (χ1v) is 7.36. The van der Waals surface area contributed by atoms with Crippen molar-refractivity contribution in [2.24, 2.45) is 0 Å². The Morgan fingerprint density at radius 1 is 1.44 bits per heavy atom. The molecule has 0 atom stereocenters. The maximum absolute atomic E-state index is 4.28. The molecule has 0 aliphatic carbocycles. The Bertz CT molecular complexity index is 527. The average Bonchev–Trinajstić information content (AvgIpc) is 2.74. The van der Waals surface area contributed by atoms with Crippen LogP contribution < -0.4 is 5.32 Å². The predicted molar refractivity (Wildman–Crippen MR) is 76.8 cm³/mol. The molecular weight excluding hydrogens is 312 g/mol. The van der Waals surface area contributed by atoms with Crippen LogP contribution in [0, 0.1) is 6.92 Å². The highest BCUT2D eigenvalue weighted by Gasteiger charge is 2.05. The molecule has 0 unspecified atom stereocenters. The molecular formula is C12H15BrN4S. The number of nitrogens with one attached hydrogen (secondary N) is 2. The second kappa shape index (κ2) is 6.36. The van der Waals surface area contributed by atoms with E-state index in [0.29, 0.717) is 0 Å². The van der Waals surface area contributed by atoms with E-state index < -0.39 is 0 Å². The molecule has 0 aliphatic rings. The molecule has 1 heterocycles. The van der Waals surface area contributed by atoms with Gasteiger partial charge in [-0.1, -0.05) is 28.9 Å². The molecule has 2 N–H and O–H groups in total. The smallest absolute Gasteiger partial charge is 0.213 e. The molecule has 0 saturated carbocycles. The highest BCUT2D eigenvalue weighted by molar-refractivity contribution is 9.10. The van der Waals surface area contributed by atoms with Gasteiger partial charge >= 0.3 is 0 Å². The van der Waals surface area contributed by atoms with Gasteiger partial charge in [-0.25, -0.2) is 4.98 Å². The van der Waals surface area contributed by atoms with E-state index in [4.69, 9.17) is 0 Å². The zero-order chi connectivity index (χ0) is 13.0. The van der Waals surface area contributed by atoms with E-state index in [1.807, 2.05) is 6.92 Å². The Labute approximate surface area is 119 Å². The van der Waals surface area contributed by atoms with E-state index in [0.717, 1.165) is 33.4 Å². The van der Waals surface area contributed by atoms with Gasteiger partial charge in [0.1, 0.15) is 5.82 Å². The molecule has 4 nitrogen and oxygen atoms in total. The Morgan fingerprint density at radius 3 is 2.89 bits per heavy atom. The number of benzene rings is 1. The number of hydrogen-bond donors (Lipinski definition) is 2. The lowest BCUT2D eigenvalue weighted by atomic mass is 10.2. The van der Waals surface area contributed by atoms with Crippen LogP contribution in [0.5, 0.6) is 0 Å². The maximum atomic E-state index is 4.28. The number of aromatic nitrogens is 3. The Kier molecular flexibility index (Phi) is 4.79. The van der Waals surface area contributed by atoms with Crippen molar-refractivity contribution in [2.45, 2.75) is 30.4 Å². The summed E-state index contributed by atoms with van der Waals surface area (Å²) in [6.07, 6.45) is 0. The van der Waals surface area contributed by atoms with Crippen molar-refractivity contribution in [1.82, 2.24) is 20.5 Å². The molecule has 0 aliphatic heterocycles. The van der Waals surface area contributed by atoms with Crippen molar-refractivity contribution < 1.29 is 0 Å². The normalized spacial score (nSPS) is 10.8. The zero-order valence-corrected chi connectivity index (χ0v) is 12.7. The third kappa shape index (κ3) is 3.57. The first-order chi connectivity index (χ1) is 8.69. The van der Waals surface area contributed by atoms with Gasteiger partial charge in [0, 0.05) is 15.9 Å². The number of H-pyrrole nitrogens is 1. The van der Waals surface area contributed by atoms with Gasteiger partial charge in [-0.05, 0) is 42.9 Å². The van der Waals surface area contributed by atoms with Crippen LogP contribution in [-0.2, 0) is 6.54 Å². The summed E-state index contributed by atoms with van der Waals surface area (Å²) in [6, 6.07) is 6.31. The van der Waals surface area contributed by atoms with Gasteiger partial charge in [0.25, 0.3) is 0 Å². The van der Waals surface area contributed by atoms with Crippen molar-refractivity contribution in [2.75, 3.05) is 6.54 Å². The minimum Gasteiger partial charge on any atom is -0.313 e. The van der Waals surface area contributed by atoms with Crippen LogP contribution in [0.2, 0.25) is 0 Å². The lowest BCUT2D eigenvalue weighted by Crippen LogP contribution is -2.11. The van der Waals surface area contributed by atoms with Crippen LogP contribution in [0.4, 0.5) is 0 Å². The molecule has 2 rings (SSSR count). The van der Waals surface area contributed by atoms with E-state index in [1.54, 1.807) is 11.8 Å². The van der Waals surface area contributed by atoms with E-state index in [-0.39, 0.29) is 0 Å². The van der Waals surface area contributed by atoms with Gasteiger partial charge in [-0.2, -0.15) is 0 Å². The van der Waals surface area contributed by atoms with Gasteiger partial charge in [-0.3, -0.25) is 5.10 Å². The zero-order valence-electron chi connectivity index (χ0n) is 10.3. The molecule has 96 valence electrons. The summed E-state index contributed by atoms with van der Waals surface area (Å²) in [4.78, 5) is 5.40. The van der Waals surface area contributed by atoms with Gasteiger partial charge < -0.3 is 5.32 Å². The van der Waals surface area contributed by atoms with Gasteiger partial charge in [-0.15, -0.1) is 5.10 Å². The highest BCUT2D eigenvalue weighted by Crippen LogP contribution is 2.28. The van der Waals surface area contributed by atoms with Crippen LogP contribution in [0.1, 0.15) is 18.3 Å². The molecule has 6 heteroatoms. The molecule has 0 radical (unpaired) electrons. The fourth-order valence-corrected chi connectivity index (χ4v) is 2.94. The van der Waals surface area contributed by atoms with Crippen molar-refractivity contribution in [3.8, 4) is 0 Å². The summed E-state index contributed by atoms with van der Waals surface area (Å²) in [5.41, 5.74) is 1.26. The molecule has 2 aromatic rings. The second-order valence-corrected chi connectivity index (χ2v) is 5.73. The number of nitrogens with zero attached hydrogens (tertiary/aromatic N) is 2. The first kappa shape index (κ1) is 13.6. The van der Waals surface area contributed by atoms with Gasteiger partial charge in [0.15, 0.2) is 0 Å². The standard InChI is InChI=1S/C12H15BrN4S/c1-3-14-7-9-4-5-10(6-11(9)13)18-12-15-8(2)16-17-12/h4-6,14H,3,7H2,1-2H3,(H,15,16,17). The molecule has 0 amide bonds. The Hall–Kier alpha value is -0.850. The van der Waals surface area contributed by atoms with E-state index >= 15 is 0 Å². The summed E-state index contributed by atoms with van der Waals surface area (Å²) in [5, 5.41) is 11.0. The summed E-state index contributed by atoms with van der Waals surface area (Å²) in [5.74, 6) is 0.834. The number of hydrogen-bond acceptors (Lipinski definition) is 4. The Morgan fingerprint density at radius 2 is 2.28 bits per heavy atom. The minimum atomic E-state index is 0.749. The molecule has 0 saturated heterocycles. The monoisotopic (exact) mass is 326 g/mol. The van der Waals surface area contributed by atoms with Crippen LogP contribution in [0.15, 0.2) is 32.7 Å². The van der Waals surface area contributed by atoms with E-state index in [2.05, 4.69) is 61.6 Å². The highest BCUT2D eigenvalue weighted by atomic mass is 79.9. The number of halogens is 1. The number of aromatic amines is 1. The second-order valence-electron chi connectivity index (χ2n) is 3.84. The van der Waals surface area contributed by atoms with Gasteiger partial charge in [0.2, 0.25) is 5.16 Å². The first-order valence-electron chi connectivity index (χ1n) is 5.75. The maximum Gasteiger partial charge on any atom is 0.213 e. The summed E-state index contributed by atoms with van der Waals surface area (Å²) in [6.45, 7) is 5.84. The number of rotatable bonds is 5. The summed E-state index contributed by atoms with van der Waals surface area (Å²) >= 11 is 5.15. The average molecular weight is 327 g/mol. The van der Waals surface area contributed by atoms with Crippen LogP contribution in [-0.4, -0.2) is 21.7 Å². The minimum absolute atomic E-state index is 0.749. The molecule has 0 bridgehead atoms. The quantitative estimate of drug-likeness (QED) is 0.886. The molecule has 1 aromatic heterocycles. The lowest BCUT2D eigenvalue weighted by Gasteiger charge is -2.06. The van der Waals surface area contributed by atoms with Crippen molar-refractivity contribution >= 4 is 27.7 Å². The summed E-state index contributed by atoms with van der Waals surface area (Å²) < 4.78 is 1.11. The van der Waals surface area contributed by atoms with Crippen LogP contribution >= 0.6 is 27.7 Å². The Balaban J connectivity index is 2.08. The topological polar surface area (TPSA) is 53.6 Å². The van der Waals surface area contributed by atoms with Crippen LogP contribution in [0.25, 0.3) is 0 Å². The largest absolute Gasteiger partial charge is 0.313 e. The fraction of sp³-hybridized carbons (Fsp3) is 0.333. The third-order valence-electron chi connectivity index (χ3n) is 2.38. The van der Waals surface area contributed by atoms with Gasteiger partial charge in [0.05, 0.1) is 0 Å². The molecule has 0 spiro atoms. The predicted octanol–water partition coefficient (Wildman–Crippen LogP) is 3.14. The van der Waals surface area contributed by atoms with E-state index in [1.165, 1.54) is 5.56 Å². The molecule has 1 aromatic carbocycles. The van der Waals surface area contributed by atoms with E-state index in [9.17, 15) is 0 Å². The van der Waals surface area contributed by atoms with Crippen molar-refractivity contribution in [1.29, 1.82) is 0 Å². The van der Waals surface area contributed by atoms with Crippen molar-refractivity contribution in [3.05, 3.63) is 34.1 Å². The molecule has 18 heavy (non-hydrogen) atoms. The lowest BCUT2D eigenvalue weighted by molar-refractivity contribution is 0.724. The van der Waals surface area contributed by atoms with Crippen molar-refractivity contribution in [3.63, 3.8) is 0 Å². The molecule has 0 fully saturated rings. The number of aryl methyl sites for hydroxylation is 1. The SMILES string of the molecule is CCNCc1ccc(Sc2n[nH]c(C)n2)cc1Br. The third-order valence-corrected chi connectivity index (χ3v) is 3.97.